The first-order valence-corrected chi connectivity index (χ1v) is 6.34. The van der Waals surface area contributed by atoms with Gasteiger partial charge < -0.3 is 5.11 Å². The standard InChI is InChI=1S/C13H25NO/c1-9-7-14(8-10(9)2)11-5-6-13(3,4)12(11)15/h9-12,15H,5-8H2,1-4H3. The molecule has 1 N–H and O–H groups in total. The monoisotopic (exact) mass is 211 g/mol. The first-order chi connectivity index (χ1) is 6.92. The molecule has 0 amide bonds. The zero-order valence-corrected chi connectivity index (χ0v) is 10.5. The normalized spacial score (nSPS) is 46.2. The number of rotatable bonds is 1. The van der Waals surface area contributed by atoms with Crippen LogP contribution in [0.5, 0.6) is 0 Å². The molecule has 0 bridgehead atoms. The van der Waals surface area contributed by atoms with Crippen LogP contribution in [0.4, 0.5) is 0 Å². The van der Waals surface area contributed by atoms with Crippen LogP contribution in [0, 0.1) is 17.3 Å². The smallest absolute Gasteiger partial charge is 0.0746 e. The lowest BCUT2D eigenvalue weighted by atomic mass is 9.88. The van der Waals surface area contributed by atoms with Gasteiger partial charge in [-0.2, -0.15) is 0 Å². The Bertz CT molecular complexity index is 229. The Hall–Kier alpha value is -0.0800. The second-order valence-corrected chi connectivity index (χ2v) is 6.45. The summed E-state index contributed by atoms with van der Waals surface area (Å²) in [6.07, 6.45) is 2.21. The van der Waals surface area contributed by atoms with Crippen LogP contribution in [0.1, 0.15) is 40.5 Å². The molecule has 1 aliphatic carbocycles. The van der Waals surface area contributed by atoms with Crippen LogP contribution in [0.3, 0.4) is 0 Å². The lowest BCUT2D eigenvalue weighted by Crippen LogP contribution is -2.43. The summed E-state index contributed by atoms with van der Waals surface area (Å²) in [5, 5.41) is 10.3. The lowest BCUT2D eigenvalue weighted by molar-refractivity contribution is 0.0209. The largest absolute Gasteiger partial charge is 0.391 e. The molecular weight excluding hydrogens is 186 g/mol. The Labute approximate surface area is 93.7 Å². The second-order valence-electron chi connectivity index (χ2n) is 6.45. The number of hydrogen-bond acceptors (Lipinski definition) is 2. The Morgan fingerprint density at radius 1 is 1.13 bits per heavy atom. The van der Waals surface area contributed by atoms with E-state index in [2.05, 4.69) is 32.6 Å². The SMILES string of the molecule is CC1CN(C2CCC(C)(C)C2O)CC1C. The van der Waals surface area contributed by atoms with Crippen molar-refractivity contribution in [1.82, 2.24) is 4.90 Å². The Morgan fingerprint density at radius 2 is 1.67 bits per heavy atom. The lowest BCUT2D eigenvalue weighted by Gasteiger charge is -2.31. The molecule has 2 rings (SSSR count). The van der Waals surface area contributed by atoms with Crippen molar-refractivity contribution >= 4 is 0 Å². The van der Waals surface area contributed by atoms with Crippen LogP contribution in [0.15, 0.2) is 0 Å². The number of nitrogens with zero attached hydrogens (tertiary/aromatic N) is 1. The minimum Gasteiger partial charge on any atom is -0.391 e. The molecule has 1 saturated heterocycles. The number of aliphatic hydroxyl groups excluding tert-OH is 1. The van der Waals surface area contributed by atoms with Crippen molar-refractivity contribution < 1.29 is 5.11 Å². The van der Waals surface area contributed by atoms with Gasteiger partial charge in [0.05, 0.1) is 6.10 Å². The molecule has 0 aromatic rings. The molecule has 0 spiro atoms. The molecule has 1 heterocycles. The van der Waals surface area contributed by atoms with Crippen LogP contribution >= 0.6 is 0 Å². The van der Waals surface area contributed by atoms with Crippen molar-refractivity contribution in [3.63, 3.8) is 0 Å². The highest BCUT2D eigenvalue weighted by molar-refractivity contribution is 4.98. The molecule has 0 aromatic heterocycles. The van der Waals surface area contributed by atoms with E-state index in [-0.39, 0.29) is 11.5 Å². The molecule has 88 valence electrons. The van der Waals surface area contributed by atoms with Gasteiger partial charge in [-0.05, 0) is 30.1 Å². The predicted molar refractivity (Wildman–Crippen MR) is 62.7 cm³/mol. The third-order valence-corrected chi connectivity index (χ3v) is 4.73. The van der Waals surface area contributed by atoms with E-state index in [0.29, 0.717) is 6.04 Å². The summed E-state index contributed by atoms with van der Waals surface area (Å²) in [6.45, 7) is 11.4. The van der Waals surface area contributed by atoms with E-state index in [1.807, 2.05) is 0 Å². The average Bonchev–Trinajstić information content (AvgIpc) is 2.58. The zero-order chi connectivity index (χ0) is 11.2. The van der Waals surface area contributed by atoms with E-state index in [4.69, 9.17) is 0 Å². The van der Waals surface area contributed by atoms with Gasteiger partial charge in [-0.3, -0.25) is 4.90 Å². The summed E-state index contributed by atoms with van der Waals surface area (Å²) < 4.78 is 0. The summed E-state index contributed by atoms with van der Waals surface area (Å²) >= 11 is 0. The Morgan fingerprint density at radius 3 is 2.07 bits per heavy atom. The van der Waals surface area contributed by atoms with Crippen molar-refractivity contribution in [2.24, 2.45) is 17.3 Å². The summed E-state index contributed by atoms with van der Waals surface area (Å²) in [5.74, 6) is 1.59. The van der Waals surface area contributed by atoms with E-state index in [1.54, 1.807) is 0 Å². The van der Waals surface area contributed by atoms with Gasteiger partial charge in [0.2, 0.25) is 0 Å². The third kappa shape index (κ3) is 1.94. The molecule has 1 aliphatic heterocycles. The summed E-state index contributed by atoms with van der Waals surface area (Å²) in [4.78, 5) is 2.52. The van der Waals surface area contributed by atoms with Gasteiger partial charge in [0, 0.05) is 19.1 Å². The minimum absolute atomic E-state index is 0.125. The molecule has 2 nitrogen and oxygen atoms in total. The fourth-order valence-electron chi connectivity index (χ4n) is 3.17. The maximum absolute atomic E-state index is 10.3. The molecule has 2 heteroatoms. The molecule has 1 saturated carbocycles. The van der Waals surface area contributed by atoms with E-state index < -0.39 is 0 Å². The van der Waals surface area contributed by atoms with Gasteiger partial charge in [-0.25, -0.2) is 0 Å². The number of likely N-dealkylation sites (tertiary alicyclic amines) is 1. The van der Waals surface area contributed by atoms with Gasteiger partial charge in [0.1, 0.15) is 0 Å². The molecule has 2 fully saturated rings. The summed E-state index contributed by atoms with van der Waals surface area (Å²) in [6, 6.07) is 0.424. The third-order valence-electron chi connectivity index (χ3n) is 4.73. The first-order valence-electron chi connectivity index (χ1n) is 6.34. The average molecular weight is 211 g/mol. The van der Waals surface area contributed by atoms with Crippen LogP contribution in [0.2, 0.25) is 0 Å². The van der Waals surface area contributed by atoms with E-state index in [9.17, 15) is 5.11 Å². The highest BCUT2D eigenvalue weighted by Gasteiger charge is 2.45. The highest BCUT2D eigenvalue weighted by atomic mass is 16.3. The number of hydrogen-bond donors (Lipinski definition) is 1. The van der Waals surface area contributed by atoms with Gasteiger partial charge in [-0.1, -0.05) is 27.7 Å². The van der Waals surface area contributed by atoms with E-state index >= 15 is 0 Å². The van der Waals surface area contributed by atoms with Gasteiger partial charge in [0.15, 0.2) is 0 Å². The van der Waals surface area contributed by atoms with Crippen LogP contribution in [0.25, 0.3) is 0 Å². The van der Waals surface area contributed by atoms with Crippen LogP contribution < -0.4 is 0 Å². The summed E-state index contributed by atoms with van der Waals surface area (Å²) in [5.41, 5.74) is 0.125. The summed E-state index contributed by atoms with van der Waals surface area (Å²) in [7, 11) is 0. The topological polar surface area (TPSA) is 23.5 Å². The highest BCUT2D eigenvalue weighted by Crippen LogP contribution is 2.41. The number of aliphatic hydroxyl groups is 1. The minimum atomic E-state index is -0.130. The van der Waals surface area contributed by atoms with Crippen molar-refractivity contribution in [3.05, 3.63) is 0 Å². The van der Waals surface area contributed by atoms with E-state index in [0.717, 1.165) is 18.3 Å². The molecule has 0 radical (unpaired) electrons. The Balaban J connectivity index is 2.02. The van der Waals surface area contributed by atoms with Gasteiger partial charge in [-0.15, -0.1) is 0 Å². The van der Waals surface area contributed by atoms with Crippen LogP contribution in [-0.2, 0) is 0 Å². The fourth-order valence-corrected chi connectivity index (χ4v) is 3.17. The second kappa shape index (κ2) is 3.74. The van der Waals surface area contributed by atoms with Crippen LogP contribution in [-0.4, -0.2) is 35.2 Å². The molecule has 4 unspecified atom stereocenters. The molecule has 15 heavy (non-hydrogen) atoms. The molecule has 2 aliphatic rings. The van der Waals surface area contributed by atoms with E-state index in [1.165, 1.54) is 19.5 Å². The maximum atomic E-state index is 10.3. The van der Waals surface area contributed by atoms with Crippen molar-refractivity contribution in [2.45, 2.75) is 52.7 Å². The quantitative estimate of drug-likeness (QED) is 0.718. The Kier molecular flexibility index (Phi) is 2.85. The van der Waals surface area contributed by atoms with Gasteiger partial charge >= 0.3 is 0 Å². The fraction of sp³-hybridized carbons (Fsp3) is 1.00. The molecule has 4 atom stereocenters. The molecule has 0 aromatic carbocycles. The van der Waals surface area contributed by atoms with Crippen molar-refractivity contribution in [2.75, 3.05) is 13.1 Å². The van der Waals surface area contributed by atoms with Crippen molar-refractivity contribution in [3.8, 4) is 0 Å². The van der Waals surface area contributed by atoms with Crippen molar-refractivity contribution in [1.29, 1.82) is 0 Å². The zero-order valence-electron chi connectivity index (χ0n) is 10.5. The molecular formula is C13H25NO. The predicted octanol–water partition coefficient (Wildman–Crippen LogP) is 2.12. The first kappa shape index (κ1) is 11.4. The maximum Gasteiger partial charge on any atom is 0.0746 e. The van der Waals surface area contributed by atoms with Gasteiger partial charge in [0.25, 0.3) is 0 Å².